The zero-order valence-electron chi connectivity index (χ0n) is 10.9. The zero-order valence-corrected chi connectivity index (χ0v) is 10.9. The molecule has 0 atom stereocenters. The highest BCUT2D eigenvalue weighted by Crippen LogP contribution is 2.26. The van der Waals surface area contributed by atoms with E-state index in [9.17, 15) is 9.18 Å². The fourth-order valence-electron chi connectivity index (χ4n) is 2.63. The van der Waals surface area contributed by atoms with Crippen molar-refractivity contribution >= 4 is 11.6 Å². The van der Waals surface area contributed by atoms with E-state index in [4.69, 9.17) is 5.73 Å². The van der Waals surface area contributed by atoms with Gasteiger partial charge in [-0.15, -0.1) is 6.58 Å². The second-order valence-electron chi connectivity index (χ2n) is 4.89. The molecule has 1 amide bonds. The number of para-hydroxylation sites is 1. The van der Waals surface area contributed by atoms with Gasteiger partial charge in [0.25, 0.3) is 5.91 Å². The molecule has 1 aliphatic rings. The minimum atomic E-state index is -0.546. The van der Waals surface area contributed by atoms with Crippen molar-refractivity contribution in [2.45, 2.75) is 31.7 Å². The summed E-state index contributed by atoms with van der Waals surface area (Å²) in [7, 11) is 0. The molecule has 0 bridgehead atoms. The number of nitrogens with two attached hydrogens (primary N) is 1. The van der Waals surface area contributed by atoms with Gasteiger partial charge in [-0.3, -0.25) is 4.79 Å². The molecule has 1 aromatic rings. The van der Waals surface area contributed by atoms with Crippen LogP contribution in [0.5, 0.6) is 0 Å². The van der Waals surface area contributed by atoms with Crippen LogP contribution in [0.4, 0.5) is 10.1 Å². The van der Waals surface area contributed by atoms with Crippen molar-refractivity contribution < 1.29 is 9.18 Å². The van der Waals surface area contributed by atoms with E-state index in [-0.39, 0.29) is 23.2 Å². The van der Waals surface area contributed by atoms with Crippen molar-refractivity contribution in [2.75, 3.05) is 12.3 Å². The summed E-state index contributed by atoms with van der Waals surface area (Å²) in [5, 5.41) is 0. The molecular weight excluding hydrogens is 243 g/mol. The number of carbonyl (C=O) groups is 1. The van der Waals surface area contributed by atoms with Gasteiger partial charge in [-0.1, -0.05) is 25.0 Å². The maximum absolute atomic E-state index is 13.5. The predicted molar refractivity (Wildman–Crippen MR) is 74.3 cm³/mol. The van der Waals surface area contributed by atoms with Gasteiger partial charge in [0.05, 0.1) is 11.3 Å². The first kappa shape index (κ1) is 13.6. The fraction of sp³-hybridized carbons (Fsp3) is 0.400. The van der Waals surface area contributed by atoms with E-state index < -0.39 is 5.82 Å². The van der Waals surface area contributed by atoms with Gasteiger partial charge >= 0.3 is 0 Å². The summed E-state index contributed by atoms with van der Waals surface area (Å²) in [4.78, 5) is 14.3. The standard InChI is InChI=1S/C15H19FN2O/c1-2-10-18(11-6-3-4-7-11)15(19)12-8-5-9-13(16)14(12)17/h2,5,8-9,11H,1,3-4,6-7,10,17H2. The summed E-state index contributed by atoms with van der Waals surface area (Å²) in [6, 6.07) is 4.57. The van der Waals surface area contributed by atoms with Gasteiger partial charge in [0.2, 0.25) is 0 Å². The number of carbonyl (C=O) groups excluding carboxylic acids is 1. The maximum atomic E-state index is 13.5. The first-order chi connectivity index (χ1) is 9.15. The first-order valence-electron chi connectivity index (χ1n) is 6.61. The molecule has 3 nitrogen and oxygen atoms in total. The quantitative estimate of drug-likeness (QED) is 0.669. The summed E-state index contributed by atoms with van der Waals surface area (Å²) in [6.45, 7) is 4.16. The Bertz CT molecular complexity index is 481. The Balaban J connectivity index is 2.28. The third kappa shape index (κ3) is 2.78. The number of halogens is 1. The topological polar surface area (TPSA) is 46.3 Å². The lowest BCUT2D eigenvalue weighted by atomic mass is 10.1. The molecule has 102 valence electrons. The molecule has 4 heteroatoms. The largest absolute Gasteiger partial charge is 0.396 e. The maximum Gasteiger partial charge on any atom is 0.256 e. The normalized spacial score (nSPS) is 15.4. The van der Waals surface area contributed by atoms with Gasteiger partial charge in [0.15, 0.2) is 0 Å². The van der Waals surface area contributed by atoms with Gasteiger partial charge in [-0.2, -0.15) is 0 Å². The Kier molecular flexibility index (Phi) is 4.20. The number of hydrogen-bond acceptors (Lipinski definition) is 2. The number of rotatable bonds is 4. The van der Waals surface area contributed by atoms with E-state index in [1.165, 1.54) is 12.1 Å². The first-order valence-corrected chi connectivity index (χ1v) is 6.61. The molecule has 0 saturated heterocycles. The Labute approximate surface area is 112 Å². The lowest BCUT2D eigenvalue weighted by molar-refractivity contribution is 0.0707. The average molecular weight is 262 g/mol. The smallest absolute Gasteiger partial charge is 0.256 e. The van der Waals surface area contributed by atoms with Gasteiger partial charge < -0.3 is 10.6 Å². The van der Waals surface area contributed by atoms with Gasteiger partial charge in [0.1, 0.15) is 5.82 Å². The van der Waals surface area contributed by atoms with Gasteiger partial charge in [-0.05, 0) is 25.0 Å². The molecular formula is C15H19FN2O. The molecule has 0 unspecified atom stereocenters. The lowest BCUT2D eigenvalue weighted by Gasteiger charge is -2.28. The van der Waals surface area contributed by atoms with Crippen LogP contribution in [-0.4, -0.2) is 23.4 Å². The van der Waals surface area contributed by atoms with Gasteiger partial charge in [-0.25, -0.2) is 4.39 Å². The summed E-state index contributed by atoms with van der Waals surface area (Å²) < 4.78 is 13.5. The van der Waals surface area contributed by atoms with Crippen LogP contribution in [0, 0.1) is 5.82 Å². The van der Waals surface area contributed by atoms with Crippen LogP contribution in [0.2, 0.25) is 0 Å². The SMILES string of the molecule is C=CCN(C(=O)c1cccc(F)c1N)C1CCCC1. The van der Waals surface area contributed by atoms with Crippen LogP contribution in [0.1, 0.15) is 36.0 Å². The molecule has 0 heterocycles. The Morgan fingerprint density at radius 1 is 1.47 bits per heavy atom. The Morgan fingerprint density at radius 2 is 2.16 bits per heavy atom. The van der Waals surface area contributed by atoms with Crippen LogP contribution >= 0.6 is 0 Å². The Morgan fingerprint density at radius 3 is 2.79 bits per heavy atom. The number of anilines is 1. The molecule has 1 aromatic carbocycles. The van der Waals surface area contributed by atoms with Crippen molar-refractivity contribution in [1.29, 1.82) is 0 Å². The van der Waals surface area contributed by atoms with Crippen LogP contribution in [-0.2, 0) is 0 Å². The highest BCUT2D eigenvalue weighted by molar-refractivity contribution is 5.99. The molecule has 0 radical (unpaired) electrons. The minimum Gasteiger partial charge on any atom is -0.396 e. The van der Waals surface area contributed by atoms with Crippen molar-refractivity contribution in [3.8, 4) is 0 Å². The van der Waals surface area contributed by atoms with Crippen molar-refractivity contribution in [3.63, 3.8) is 0 Å². The number of benzene rings is 1. The second-order valence-corrected chi connectivity index (χ2v) is 4.89. The fourth-order valence-corrected chi connectivity index (χ4v) is 2.63. The van der Waals surface area contributed by atoms with Crippen LogP contribution < -0.4 is 5.73 Å². The molecule has 0 spiro atoms. The highest BCUT2D eigenvalue weighted by atomic mass is 19.1. The lowest BCUT2D eigenvalue weighted by Crippen LogP contribution is -2.39. The van der Waals surface area contributed by atoms with E-state index >= 15 is 0 Å². The monoisotopic (exact) mass is 262 g/mol. The summed E-state index contributed by atoms with van der Waals surface area (Å²) in [5.41, 5.74) is 5.84. The summed E-state index contributed by atoms with van der Waals surface area (Å²) in [6.07, 6.45) is 5.95. The molecule has 1 fully saturated rings. The number of nitrogens with zero attached hydrogens (tertiary/aromatic N) is 1. The summed E-state index contributed by atoms with van der Waals surface area (Å²) in [5.74, 6) is -0.750. The summed E-state index contributed by atoms with van der Waals surface area (Å²) >= 11 is 0. The van der Waals surface area contributed by atoms with Crippen LogP contribution in [0.25, 0.3) is 0 Å². The molecule has 2 N–H and O–H groups in total. The number of amides is 1. The molecule has 19 heavy (non-hydrogen) atoms. The Hall–Kier alpha value is -1.84. The van der Waals surface area contributed by atoms with E-state index in [0.717, 1.165) is 25.7 Å². The average Bonchev–Trinajstić information content (AvgIpc) is 2.92. The molecule has 0 aromatic heterocycles. The third-order valence-electron chi connectivity index (χ3n) is 3.64. The minimum absolute atomic E-state index is 0.0699. The zero-order chi connectivity index (χ0) is 13.8. The van der Waals surface area contributed by atoms with Crippen molar-refractivity contribution in [3.05, 3.63) is 42.2 Å². The van der Waals surface area contributed by atoms with E-state index in [0.29, 0.717) is 6.54 Å². The molecule has 2 rings (SSSR count). The predicted octanol–water partition coefficient (Wildman–Crippen LogP) is 2.98. The van der Waals surface area contributed by atoms with E-state index in [1.54, 1.807) is 17.0 Å². The van der Waals surface area contributed by atoms with Crippen molar-refractivity contribution in [1.82, 2.24) is 4.90 Å². The molecule has 0 aliphatic heterocycles. The van der Waals surface area contributed by atoms with E-state index in [2.05, 4.69) is 6.58 Å². The molecule has 1 aliphatic carbocycles. The third-order valence-corrected chi connectivity index (χ3v) is 3.64. The highest BCUT2D eigenvalue weighted by Gasteiger charge is 2.27. The second kappa shape index (κ2) is 5.87. The van der Waals surface area contributed by atoms with Crippen molar-refractivity contribution in [2.24, 2.45) is 0 Å². The van der Waals surface area contributed by atoms with E-state index in [1.807, 2.05) is 0 Å². The van der Waals surface area contributed by atoms with Crippen LogP contribution in [0.3, 0.4) is 0 Å². The number of nitrogen functional groups attached to an aromatic ring is 1. The molecule has 1 saturated carbocycles. The van der Waals surface area contributed by atoms with Crippen LogP contribution in [0.15, 0.2) is 30.9 Å². The van der Waals surface area contributed by atoms with Gasteiger partial charge in [0, 0.05) is 12.6 Å². The number of hydrogen-bond donors (Lipinski definition) is 1.